The van der Waals surface area contributed by atoms with Crippen LogP contribution in [0.2, 0.25) is 0 Å². The van der Waals surface area contributed by atoms with Crippen LogP contribution in [0.15, 0.2) is 20.1 Å². The average molecular weight is 356 g/mol. The van der Waals surface area contributed by atoms with Crippen LogP contribution in [0.4, 0.5) is 0 Å². The lowest BCUT2D eigenvalue weighted by molar-refractivity contribution is 0.128. The van der Waals surface area contributed by atoms with E-state index in [1.54, 1.807) is 19.1 Å². The summed E-state index contributed by atoms with van der Waals surface area (Å²) in [5, 5.41) is 9.70. The Balaban J connectivity index is 2.93. The van der Waals surface area contributed by atoms with Gasteiger partial charge in [-0.05, 0) is 40.9 Å². The Morgan fingerprint density at radius 3 is 2.44 bits per heavy atom. The van der Waals surface area contributed by atoms with Crippen LogP contribution in [0.1, 0.15) is 27.2 Å². The van der Waals surface area contributed by atoms with E-state index in [4.69, 9.17) is 0 Å². The third kappa shape index (κ3) is 4.03. The lowest BCUT2D eigenvalue weighted by atomic mass is 9.96. The van der Waals surface area contributed by atoms with E-state index < -0.39 is 22.2 Å². The van der Waals surface area contributed by atoms with Crippen LogP contribution >= 0.6 is 27.3 Å². The zero-order valence-corrected chi connectivity index (χ0v) is 13.8. The molecule has 0 radical (unpaired) electrons. The fourth-order valence-electron chi connectivity index (χ4n) is 1.62. The molecular weight excluding hydrogens is 338 g/mol. The first-order valence-corrected chi connectivity index (χ1v) is 8.83. The molecule has 0 fully saturated rings. The van der Waals surface area contributed by atoms with E-state index in [0.29, 0.717) is 0 Å². The molecule has 104 valence electrons. The SMILES string of the molecule is CC[C@H](C)[C@H](NS(=O)(=O)c1ccc(Br)s1)[C@@H](C)O. The van der Waals surface area contributed by atoms with Crippen molar-refractivity contribution in [3.8, 4) is 0 Å². The van der Waals surface area contributed by atoms with Crippen LogP contribution in [-0.4, -0.2) is 25.7 Å². The molecule has 0 amide bonds. The van der Waals surface area contributed by atoms with Crippen molar-refractivity contribution in [3.05, 3.63) is 15.9 Å². The Bertz CT molecular complexity index is 484. The third-order valence-corrected chi connectivity index (χ3v) is 6.46. The van der Waals surface area contributed by atoms with Crippen LogP contribution in [0, 0.1) is 5.92 Å². The molecule has 18 heavy (non-hydrogen) atoms. The Labute approximate surface area is 121 Å². The van der Waals surface area contributed by atoms with Crippen LogP contribution in [0.25, 0.3) is 0 Å². The summed E-state index contributed by atoms with van der Waals surface area (Å²) in [6, 6.07) is 2.77. The summed E-state index contributed by atoms with van der Waals surface area (Å²) in [5.74, 6) is 0.0724. The van der Waals surface area contributed by atoms with Gasteiger partial charge in [0, 0.05) is 0 Å². The standard InChI is InChI=1S/C11H18BrNO3S2/c1-4-7(2)11(8(3)14)13-18(15,16)10-6-5-9(12)17-10/h5-8,11,13-14H,4H2,1-3H3/t7-,8+,11-/m0/s1. The highest BCUT2D eigenvalue weighted by Gasteiger charge is 2.28. The number of aliphatic hydroxyl groups is 1. The van der Waals surface area contributed by atoms with Crippen molar-refractivity contribution in [1.82, 2.24) is 4.72 Å². The van der Waals surface area contributed by atoms with E-state index in [1.165, 1.54) is 0 Å². The molecule has 0 saturated carbocycles. The number of hydrogen-bond donors (Lipinski definition) is 2. The molecule has 4 nitrogen and oxygen atoms in total. The lowest BCUT2D eigenvalue weighted by Crippen LogP contribution is -2.45. The highest BCUT2D eigenvalue weighted by atomic mass is 79.9. The lowest BCUT2D eigenvalue weighted by Gasteiger charge is -2.26. The van der Waals surface area contributed by atoms with Gasteiger partial charge in [-0.1, -0.05) is 20.3 Å². The topological polar surface area (TPSA) is 66.4 Å². The zero-order chi connectivity index (χ0) is 13.9. The van der Waals surface area contributed by atoms with Crippen molar-refractivity contribution in [2.45, 2.75) is 43.5 Å². The number of aliphatic hydroxyl groups excluding tert-OH is 1. The normalized spacial score (nSPS) is 17.4. The zero-order valence-electron chi connectivity index (χ0n) is 10.6. The molecule has 0 aliphatic rings. The Morgan fingerprint density at radius 2 is 2.06 bits per heavy atom. The van der Waals surface area contributed by atoms with Crippen LogP contribution in [0.3, 0.4) is 0 Å². The maximum atomic E-state index is 12.1. The molecule has 0 aliphatic carbocycles. The molecule has 0 aliphatic heterocycles. The molecule has 0 unspecified atom stereocenters. The van der Waals surface area contributed by atoms with Gasteiger partial charge in [-0.3, -0.25) is 0 Å². The number of sulfonamides is 1. The van der Waals surface area contributed by atoms with E-state index in [0.717, 1.165) is 21.5 Å². The molecule has 7 heteroatoms. The van der Waals surface area contributed by atoms with Crippen LogP contribution in [-0.2, 0) is 10.0 Å². The molecule has 1 heterocycles. The van der Waals surface area contributed by atoms with E-state index in [9.17, 15) is 13.5 Å². The summed E-state index contributed by atoms with van der Waals surface area (Å²) >= 11 is 4.39. The highest BCUT2D eigenvalue weighted by molar-refractivity contribution is 9.11. The first-order valence-electron chi connectivity index (χ1n) is 5.73. The predicted octanol–water partition coefficient (Wildman–Crippen LogP) is 2.58. The molecule has 0 spiro atoms. The molecule has 1 aromatic rings. The van der Waals surface area contributed by atoms with Gasteiger partial charge in [0.15, 0.2) is 0 Å². The second-order valence-corrected chi connectivity index (χ2v) is 8.74. The fraction of sp³-hybridized carbons (Fsp3) is 0.636. The molecule has 0 saturated heterocycles. The minimum absolute atomic E-state index is 0.0724. The summed E-state index contributed by atoms with van der Waals surface area (Å²) in [7, 11) is -3.56. The van der Waals surface area contributed by atoms with Gasteiger partial charge in [-0.15, -0.1) is 11.3 Å². The largest absolute Gasteiger partial charge is 0.392 e. The van der Waals surface area contributed by atoms with Gasteiger partial charge in [0.25, 0.3) is 0 Å². The Hall–Kier alpha value is 0.0500. The van der Waals surface area contributed by atoms with Crippen LogP contribution < -0.4 is 4.72 Å². The van der Waals surface area contributed by atoms with Crippen LogP contribution in [0.5, 0.6) is 0 Å². The molecule has 0 bridgehead atoms. The van der Waals surface area contributed by atoms with Gasteiger partial charge < -0.3 is 5.11 Å². The highest BCUT2D eigenvalue weighted by Crippen LogP contribution is 2.26. The van der Waals surface area contributed by atoms with Crippen molar-refractivity contribution < 1.29 is 13.5 Å². The smallest absolute Gasteiger partial charge is 0.250 e. The predicted molar refractivity (Wildman–Crippen MR) is 77.3 cm³/mol. The van der Waals surface area contributed by atoms with Crippen molar-refractivity contribution in [1.29, 1.82) is 0 Å². The Morgan fingerprint density at radius 1 is 1.44 bits per heavy atom. The van der Waals surface area contributed by atoms with E-state index >= 15 is 0 Å². The quantitative estimate of drug-likeness (QED) is 0.823. The van der Waals surface area contributed by atoms with Gasteiger partial charge >= 0.3 is 0 Å². The number of nitrogens with one attached hydrogen (secondary N) is 1. The Kier molecular flexibility index (Phi) is 5.79. The minimum atomic E-state index is -3.56. The summed E-state index contributed by atoms with van der Waals surface area (Å²) in [6.45, 7) is 5.49. The summed E-state index contributed by atoms with van der Waals surface area (Å²) in [6.07, 6.45) is 0.0739. The second kappa shape index (κ2) is 6.47. The van der Waals surface area contributed by atoms with Gasteiger partial charge in [0.1, 0.15) is 4.21 Å². The van der Waals surface area contributed by atoms with E-state index in [-0.39, 0.29) is 10.1 Å². The minimum Gasteiger partial charge on any atom is -0.392 e. The van der Waals surface area contributed by atoms with Gasteiger partial charge in [-0.25, -0.2) is 13.1 Å². The van der Waals surface area contributed by atoms with E-state index in [2.05, 4.69) is 20.7 Å². The molecule has 0 aromatic carbocycles. The molecular formula is C11H18BrNO3S2. The molecule has 2 N–H and O–H groups in total. The fourth-order valence-corrected chi connectivity index (χ4v) is 5.07. The summed E-state index contributed by atoms with van der Waals surface area (Å²) in [5.41, 5.74) is 0. The number of halogens is 1. The van der Waals surface area contributed by atoms with E-state index in [1.807, 2.05) is 13.8 Å². The van der Waals surface area contributed by atoms with Crippen molar-refractivity contribution in [3.63, 3.8) is 0 Å². The summed E-state index contributed by atoms with van der Waals surface area (Å²) < 4.78 is 27.9. The molecule has 1 aromatic heterocycles. The van der Waals surface area contributed by atoms with Crippen molar-refractivity contribution >= 4 is 37.3 Å². The average Bonchev–Trinajstić information content (AvgIpc) is 2.72. The van der Waals surface area contributed by atoms with Gasteiger partial charge in [0.2, 0.25) is 10.0 Å². The van der Waals surface area contributed by atoms with Gasteiger partial charge in [-0.2, -0.15) is 0 Å². The number of thiophene rings is 1. The number of rotatable bonds is 6. The summed E-state index contributed by atoms with van der Waals surface area (Å²) in [4.78, 5) is 0. The maximum absolute atomic E-state index is 12.1. The van der Waals surface area contributed by atoms with Gasteiger partial charge in [0.05, 0.1) is 15.9 Å². The first kappa shape index (κ1) is 16.1. The molecule has 1 rings (SSSR count). The van der Waals surface area contributed by atoms with Crippen molar-refractivity contribution in [2.24, 2.45) is 5.92 Å². The van der Waals surface area contributed by atoms with Crippen molar-refractivity contribution in [2.75, 3.05) is 0 Å². The monoisotopic (exact) mass is 355 g/mol. The maximum Gasteiger partial charge on any atom is 0.250 e. The molecule has 3 atom stereocenters. The second-order valence-electron chi connectivity index (χ2n) is 4.33. The first-order chi connectivity index (χ1) is 8.27. The number of hydrogen-bond acceptors (Lipinski definition) is 4. The third-order valence-electron chi connectivity index (χ3n) is 2.88.